The van der Waals surface area contributed by atoms with Crippen LogP contribution in [0.15, 0.2) is 24.5 Å². The van der Waals surface area contributed by atoms with Crippen molar-refractivity contribution in [1.82, 2.24) is 34.5 Å². The lowest BCUT2D eigenvalue weighted by atomic mass is 9.95. The number of likely N-dealkylation sites (N-methyl/N-ethyl adjacent to an activating group) is 1. The predicted octanol–water partition coefficient (Wildman–Crippen LogP) is 7.05. The number of carbonyl (C=O) groups is 1. The maximum absolute atomic E-state index is 17.2. The number of nitriles is 1. The van der Waals surface area contributed by atoms with Gasteiger partial charge in [-0.15, -0.1) is 16.4 Å². The summed E-state index contributed by atoms with van der Waals surface area (Å²) in [6, 6.07) is 4.97. The summed E-state index contributed by atoms with van der Waals surface area (Å²) in [4.78, 5) is 32.5. The molecule has 0 aliphatic carbocycles. The number of ether oxygens (including phenoxy) is 1. The Morgan fingerprint density at radius 1 is 1.26 bits per heavy atom. The van der Waals surface area contributed by atoms with Gasteiger partial charge in [0.25, 0.3) is 0 Å². The monoisotopic (exact) mass is 784 g/mol. The number of aromatic nitrogens is 5. The van der Waals surface area contributed by atoms with Crippen LogP contribution in [0.1, 0.15) is 45.1 Å². The highest BCUT2D eigenvalue weighted by Gasteiger charge is 2.49. The summed E-state index contributed by atoms with van der Waals surface area (Å²) in [5.41, 5.74) is 5.56. The zero-order valence-electron chi connectivity index (χ0n) is 28.6. The predicted molar refractivity (Wildman–Crippen MR) is 196 cm³/mol. The summed E-state index contributed by atoms with van der Waals surface area (Å²) < 4.78 is 54.3. The zero-order chi connectivity index (χ0) is 37.3. The van der Waals surface area contributed by atoms with Gasteiger partial charge in [-0.3, -0.25) is 4.90 Å². The second kappa shape index (κ2) is 13.5. The molecule has 4 atom stereocenters. The van der Waals surface area contributed by atoms with Crippen LogP contribution in [0.3, 0.4) is 0 Å². The molecule has 3 saturated heterocycles. The van der Waals surface area contributed by atoms with Gasteiger partial charge in [0.05, 0.1) is 26.9 Å². The maximum atomic E-state index is 17.2. The fraction of sp³-hybridized carbons (Fsp3) is 0.429. The van der Waals surface area contributed by atoms with Gasteiger partial charge in [0.2, 0.25) is 5.28 Å². The Morgan fingerprint density at radius 3 is 2.81 bits per heavy atom. The van der Waals surface area contributed by atoms with Crippen molar-refractivity contribution < 1.29 is 22.7 Å². The minimum atomic E-state index is -0.980. The first-order valence-electron chi connectivity index (χ1n) is 17.2. The first kappa shape index (κ1) is 35.6. The van der Waals surface area contributed by atoms with E-state index in [4.69, 9.17) is 38.7 Å². The normalized spacial score (nSPS) is 22.9. The summed E-state index contributed by atoms with van der Waals surface area (Å²) in [7, 11) is 0. The number of anilines is 2. The van der Waals surface area contributed by atoms with Crippen molar-refractivity contribution in [2.24, 2.45) is 0 Å². The molecule has 3 fully saturated rings. The molecule has 8 rings (SSSR count). The van der Waals surface area contributed by atoms with E-state index in [2.05, 4.69) is 20.0 Å². The highest BCUT2D eigenvalue weighted by Crippen LogP contribution is 2.47. The number of thiophene rings is 1. The van der Waals surface area contributed by atoms with Gasteiger partial charge in [0.1, 0.15) is 47.3 Å². The van der Waals surface area contributed by atoms with Gasteiger partial charge in [-0.2, -0.15) is 19.9 Å². The molecule has 0 saturated carbocycles. The second-order valence-corrected chi connectivity index (χ2v) is 15.5. The van der Waals surface area contributed by atoms with Gasteiger partial charge >= 0.3 is 12.0 Å². The number of benzene rings is 2. The van der Waals surface area contributed by atoms with Crippen molar-refractivity contribution in [3.8, 4) is 23.2 Å². The summed E-state index contributed by atoms with van der Waals surface area (Å²) in [6.07, 6.45) is 2.78. The van der Waals surface area contributed by atoms with Crippen LogP contribution in [-0.4, -0.2) is 97.1 Å². The molecule has 2 aromatic carbocycles. The molecule has 0 radical (unpaired) electrons. The van der Waals surface area contributed by atoms with Gasteiger partial charge in [-0.25, -0.2) is 22.9 Å². The van der Waals surface area contributed by atoms with E-state index in [1.807, 2.05) is 24.8 Å². The number of hydrogen-bond acceptors (Lipinski definition) is 11. The molecule has 3 aliphatic rings. The summed E-state index contributed by atoms with van der Waals surface area (Å²) in [5.74, 6) is -1.10. The average molecular weight is 786 g/mol. The van der Waals surface area contributed by atoms with Crippen molar-refractivity contribution >= 4 is 72.4 Å². The molecule has 6 heterocycles. The molecular weight excluding hydrogens is 752 g/mol. The summed E-state index contributed by atoms with van der Waals surface area (Å²) in [6.45, 7) is 5.78. The number of fused-ring (bicyclic) bond motifs is 3. The Hall–Kier alpha value is -4.43. The molecule has 1 amide bonds. The smallest absolute Gasteiger partial charge is 0.346 e. The summed E-state index contributed by atoms with van der Waals surface area (Å²) >= 11 is 13.7. The highest BCUT2D eigenvalue weighted by atomic mass is 35.5. The van der Waals surface area contributed by atoms with E-state index in [1.54, 1.807) is 11.0 Å². The number of hydrogen-bond donors (Lipinski definition) is 1. The lowest BCUT2D eigenvalue weighted by Gasteiger charge is -2.33. The topological polar surface area (TPSA) is 142 Å². The third kappa shape index (κ3) is 5.79. The molecule has 5 aromatic rings. The third-order valence-corrected chi connectivity index (χ3v) is 12.4. The van der Waals surface area contributed by atoms with Crippen molar-refractivity contribution in [2.45, 2.75) is 63.3 Å². The Kier molecular flexibility index (Phi) is 9.03. The lowest BCUT2D eigenvalue weighted by Crippen LogP contribution is -2.48. The number of carbonyl (C=O) groups excluding carboxylic acids is 1. The Labute approximate surface area is 315 Å². The Morgan fingerprint density at radius 2 is 2.08 bits per heavy atom. The van der Waals surface area contributed by atoms with E-state index in [1.165, 1.54) is 18.5 Å². The fourth-order valence-corrected chi connectivity index (χ4v) is 9.83. The molecule has 2 N–H and O–H groups in total. The number of nitrogen functional groups attached to an aromatic ring is 1. The van der Waals surface area contributed by atoms with Crippen LogP contribution < -0.4 is 15.4 Å². The molecule has 18 heteroatoms. The maximum Gasteiger partial charge on any atom is 0.346 e. The van der Waals surface area contributed by atoms with E-state index < -0.39 is 29.4 Å². The van der Waals surface area contributed by atoms with Crippen molar-refractivity contribution in [2.75, 3.05) is 43.4 Å². The molecule has 0 unspecified atom stereocenters. The van der Waals surface area contributed by atoms with Crippen LogP contribution in [0.25, 0.3) is 32.1 Å². The summed E-state index contributed by atoms with van der Waals surface area (Å²) in [5, 5.41) is 14.4. The van der Waals surface area contributed by atoms with E-state index in [9.17, 15) is 18.8 Å². The number of halogens is 5. The van der Waals surface area contributed by atoms with E-state index >= 15 is 4.39 Å². The first-order chi connectivity index (χ1) is 25.4. The van der Waals surface area contributed by atoms with Crippen molar-refractivity contribution in [3.05, 3.63) is 52.0 Å². The van der Waals surface area contributed by atoms with Crippen LogP contribution >= 0.6 is 34.5 Å². The standard InChI is InChI=1S/C35H33Cl2F3N10O2S/c1-3-48(34(51)50-16-43-32(37)46-50)24-7-10-49(17(24)2)31-20-11-22(36)26(19-5-6-23(39)29-25(19)21(13-41)30(42)53-29)27(40)28(20)44-33(45-31)52-15-35-8-4-9-47(35)14-18(38)12-35/h5-6,11,16-18,24H,3-4,7-10,12,14-15,42H2,1-2H3/t17-,18+,24-,35-/m0/s1. The van der Waals surface area contributed by atoms with Crippen molar-refractivity contribution in [3.63, 3.8) is 0 Å². The molecule has 0 bridgehead atoms. The van der Waals surface area contributed by atoms with Crippen LogP contribution in [0, 0.1) is 23.0 Å². The average Bonchev–Trinajstić information content (AvgIpc) is 3.95. The molecule has 3 aromatic heterocycles. The van der Waals surface area contributed by atoms with Gasteiger partial charge < -0.3 is 20.3 Å². The number of nitrogens with two attached hydrogens (primary N) is 1. The number of alkyl halides is 1. The van der Waals surface area contributed by atoms with Crippen LogP contribution in [0.2, 0.25) is 10.3 Å². The number of amides is 1. The van der Waals surface area contributed by atoms with Crippen molar-refractivity contribution in [1.29, 1.82) is 5.26 Å². The highest BCUT2D eigenvalue weighted by molar-refractivity contribution is 7.23. The van der Waals surface area contributed by atoms with Crippen LogP contribution in [0.5, 0.6) is 6.01 Å². The van der Waals surface area contributed by atoms with Gasteiger partial charge in [-0.05, 0) is 69.0 Å². The molecule has 3 aliphatic heterocycles. The molecule has 0 spiro atoms. The van der Waals surface area contributed by atoms with E-state index in [0.717, 1.165) is 35.4 Å². The van der Waals surface area contributed by atoms with Gasteiger partial charge in [0.15, 0.2) is 5.82 Å². The minimum absolute atomic E-state index is 0.0192. The Balaban J connectivity index is 1.25. The third-order valence-electron chi connectivity index (χ3n) is 10.9. The number of nitrogens with zero attached hydrogens (tertiary/aromatic N) is 9. The van der Waals surface area contributed by atoms with Crippen LogP contribution in [0.4, 0.5) is 28.8 Å². The van der Waals surface area contributed by atoms with E-state index in [0.29, 0.717) is 38.3 Å². The zero-order valence-corrected chi connectivity index (χ0v) is 31.0. The lowest BCUT2D eigenvalue weighted by molar-refractivity contribution is 0.107. The molecule has 53 heavy (non-hydrogen) atoms. The number of rotatable bonds is 7. The quantitative estimate of drug-likeness (QED) is 0.182. The fourth-order valence-electron chi connectivity index (χ4n) is 8.46. The largest absolute Gasteiger partial charge is 0.461 e. The molecule has 12 nitrogen and oxygen atoms in total. The second-order valence-electron chi connectivity index (χ2n) is 13.7. The molecule has 276 valence electrons. The van der Waals surface area contributed by atoms with Gasteiger partial charge in [0, 0.05) is 48.4 Å². The first-order valence-corrected chi connectivity index (χ1v) is 18.8. The Bertz CT molecular complexity index is 2330. The van der Waals surface area contributed by atoms with Gasteiger partial charge in [-0.1, -0.05) is 17.7 Å². The van der Waals surface area contributed by atoms with E-state index in [-0.39, 0.29) is 77.7 Å². The minimum Gasteiger partial charge on any atom is -0.461 e. The van der Waals surface area contributed by atoms with Crippen LogP contribution in [-0.2, 0) is 0 Å². The SMILES string of the molecule is CCN(C(=O)n1cnc(Cl)n1)[C@H]1CCN(c2nc(OC[C@@]34CCCN3C[C@H](F)C4)nc3c(F)c(-c4ccc(F)c5sc(N)c(C#N)c45)c(Cl)cc23)[C@H]1C. The molecular formula is C35H33Cl2F3N10O2S.